The third-order valence-electron chi connectivity index (χ3n) is 4.62. The van der Waals surface area contributed by atoms with Gasteiger partial charge in [0.25, 0.3) is 0 Å². The van der Waals surface area contributed by atoms with Gasteiger partial charge in [0.15, 0.2) is 4.47 Å². The Labute approximate surface area is 173 Å². The van der Waals surface area contributed by atoms with Gasteiger partial charge in [0.2, 0.25) is 10.0 Å². The van der Waals surface area contributed by atoms with Crippen LogP contribution >= 0.6 is 22.9 Å². The third-order valence-corrected chi connectivity index (χ3v) is 7.16. The smallest absolute Gasteiger partial charge is 0.240 e. The normalized spacial score (nSPS) is 18.5. The minimum absolute atomic E-state index is 0.186. The van der Waals surface area contributed by atoms with Gasteiger partial charge in [-0.1, -0.05) is 41.9 Å². The molecule has 0 saturated carbocycles. The number of morpholine rings is 1. The van der Waals surface area contributed by atoms with Gasteiger partial charge in [-0.05, 0) is 23.8 Å². The van der Waals surface area contributed by atoms with Crippen LogP contribution in [0.15, 0.2) is 53.4 Å². The highest BCUT2D eigenvalue weighted by atomic mass is 35.5. The Balaban J connectivity index is 1.38. The molecule has 2 aromatic carbocycles. The van der Waals surface area contributed by atoms with Gasteiger partial charge in [0, 0.05) is 26.2 Å². The number of sulfonamides is 1. The van der Waals surface area contributed by atoms with Gasteiger partial charge >= 0.3 is 0 Å². The van der Waals surface area contributed by atoms with Gasteiger partial charge in [-0.25, -0.2) is 18.1 Å². The monoisotopic (exact) mass is 437 g/mol. The van der Waals surface area contributed by atoms with Gasteiger partial charge in [-0.3, -0.25) is 4.90 Å². The van der Waals surface area contributed by atoms with Crippen LogP contribution in [0.5, 0.6) is 0 Å². The molecule has 4 rings (SSSR count). The van der Waals surface area contributed by atoms with Crippen LogP contribution in [0.2, 0.25) is 4.47 Å². The predicted octanol–water partition coefficient (Wildman–Crippen LogP) is 3.13. The van der Waals surface area contributed by atoms with E-state index in [1.165, 1.54) is 16.9 Å². The molecule has 0 spiro atoms. The largest absolute Gasteiger partial charge is 0.374 e. The van der Waals surface area contributed by atoms with E-state index >= 15 is 0 Å². The van der Waals surface area contributed by atoms with Crippen molar-refractivity contribution in [3.63, 3.8) is 0 Å². The van der Waals surface area contributed by atoms with Crippen LogP contribution in [0.1, 0.15) is 5.56 Å². The lowest BCUT2D eigenvalue weighted by Gasteiger charge is -2.33. The van der Waals surface area contributed by atoms with E-state index in [4.69, 9.17) is 16.3 Å². The first-order valence-corrected chi connectivity index (χ1v) is 11.6. The van der Waals surface area contributed by atoms with Crippen molar-refractivity contribution >= 4 is 43.2 Å². The zero-order valence-corrected chi connectivity index (χ0v) is 17.4. The number of halogens is 1. The van der Waals surface area contributed by atoms with Crippen molar-refractivity contribution in [3.05, 3.63) is 58.6 Å². The summed E-state index contributed by atoms with van der Waals surface area (Å²) < 4.78 is 34.9. The Bertz CT molecular complexity index is 1060. The van der Waals surface area contributed by atoms with Crippen LogP contribution < -0.4 is 4.72 Å². The average molecular weight is 438 g/mol. The number of benzene rings is 2. The molecule has 0 unspecified atom stereocenters. The van der Waals surface area contributed by atoms with E-state index in [1.54, 1.807) is 18.2 Å². The van der Waals surface area contributed by atoms with Crippen molar-refractivity contribution in [2.24, 2.45) is 0 Å². The maximum absolute atomic E-state index is 12.7. The maximum atomic E-state index is 12.7. The minimum atomic E-state index is -3.63. The van der Waals surface area contributed by atoms with E-state index in [1.807, 2.05) is 18.2 Å². The zero-order valence-electron chi connectivity index (χ0n) is 15.0. The summed E-state index contributed by atoms with van der Waals surface area (Å²) in [5.41, 5.74) is 1.93. The fourth-order valence-corrected chi connectivity index (χ4v) is 5.46. The number of hydrogen-bond donors (Lipinski definition) is 1. The lowest BCUT2D eigenvalue weighted by atomic mass is 10.2. The number of hydrogen-bond acceptors (Lipinski definition) is 6. The summed E-state index contributed by atoms with van der Waals surface area (Å²) in [6.45, 7) is 3.16. The third kappa shape index (κ3) is 4.71. The topological polar surface area (TPSA) is 71.5 Å². The first-order valence-electron chi connectivity index (χ1n) is 8.93. The standard InChI is InChI=1S/C19H20ClN3O3S2/c20-19-22-17-7-6-16(10-18(17)27-19)28(24,25)21-11-15-13-23(8-9-26-15)12-14-4-2-1-3-5-14/h1-7,10,15,21H,8-9,11-13H2/t15-/m0/s1. The second kappa shape index (κ2) is 8.44. The molecule has 3 aromatic rings. The number of fused-ring (bicyclic) bond motifs is 1. The van der Waals surface area contributed by atoms with Crippen molar-refractivity contribution in [2.75, 3.05) is 26.2 Å². The van der Waals surface area contributed by atoms with Gasteiger partial charge in [0.05, 0.1) is 27.8 Å². The molecule has 1 atom stereocenters. The van der Waals surface area contributed by atoms with Gasteiger partial charge in [-0.2, -0.15) is 0 Å². The summed E-state index contributed by atoms with van der Waals surface area (Å²) in [7, 11) is -3.63. The van der Waals surface area contributed by atoms with E-state index in [9.17, 15) is 8.42 Å². The SMILES string of the molecule is O=S(=O)(NC[C@H]1CN(Cc2ccccc2)CCO1)c1ccc2nc(Cl)sc2c1. The van der Waals surface area contributed by atoms with E-state index < -0.39 is 10.0 Å². The van der Waals surface area contributed by atoms with Gasteiger partial charge in [0.1, 0.15) is 0 Å². The molecule has 6 nitrogen and oxygen atoms in total. The molecule has 1 aliphatic heterocycles. The molecule has 28 heavy (non-hydrogen) atoms. The molecule has 0 radical (unpaired) electrons. The van der Waals surface area contributed by atoms with Gasteiger partial charge in [-0.15, -0.1) is 11.3 Å². The lowest BCUT2D eigenvalue weighted by molar-refractivity contribution is -0.0276. The number of aromatic nitrogens is 1. The Morgan fingerprint density at radius 2 is 2.07 bits per heavy atom. The zero-order chi connectivity index (χ0) is 19.6. The van der Waals surface area contributed by atoms with E-state index in [2.05, 4.69) is 26.7 Å². The minimum Gasteiger partial charge on any atom is -0.374 e. The quantitative estimate of drug-likeness (QED) is 0.641. The van der Waals surface area contributed by atoms with Crippen LogP contribution in [0.25, 0.3) is 10.2 Å². The first-order chi connectivity index (χ1) is 13.5. The number of nitrogens with one attached hydrogen (secondary N) is 1. The van der Waals surface area contributed by atoms with Crippen molar-refractivity contribution < 1.29 is 13.2 Å². The Kier molecular flexibility index (Phi) is 5.96. The summed E-state index contributed by atoms with van der Waals surface area (Å²) >= 11 is 7.17. The van der Waals surface area contributed by atoms with Crippen molar-refractivity contribution in [3.8, 4) is 0 Å². The van der Waals surface area contributed by atoms with E-state index in [-0.39, 0.29) is 17.5 Å². The molecular weight excluding hydrogens is 418 g/mol. The Morgan fingerprint density at radius 1 is 1.25 bits per heavy atom. The van der Waals surface area contributed by atoms with E-state index in [0.717, 1.165) is 17.8 Å². The highest BCUT2D eigenvalue weighted by Gasteiger charge is 2.23. The van der Waals surface area contributed by atoms with Gasteiger partial charge < -0.3 is 4.74 Å². The maximum Gasteiger partial charge on any atom is 0.240 e. The van der Waals surface area contributed by atoms with Crippen LogP contribution in [0, 0.1) is 0 Å². The molecule has 0 amide bonds. The molecule has 1 saturated heterocycles. The molecule has 1 N–H and O–H groups in total. The Hall–Kier alpha value is -1.55. The second-order valence-electron chi connectivity index (χ2n) is 6.66. The first kappa shape index (κ1) is 19.8. The summed E-state index contributed by atoms with van der Waals surface area (Å²) in [5.74, 6) is 0. The summed E-state index contributed by atoms with van der Waals surface area (Å²) in [4.78, 5) is 6.63. The predicted molar refractivity (Wildman–Crippen MR) is 111 cm³/mol. The molecule has 1 aliphatic rings. The molecule has 148 valence electrons. The number of thiazole rings is 1. The van der Waals surface area contributed by atoms with Crippen molar-refractivity contribution in [1.82, 2.24) is 14.6 Å². The molecule has 2 heterocycles. The van der Waals surface area contributed by atoms with Crippen LogP contribution in [0.3, 0.4) is 0 Å². The molecular formula is C19H20ClN3O3S2. The summed E-state index contributed by atoms with van der Waals surface area (Å²) in [6, 6.07) is 15.0. The highest BCUT2D eigenvalue weighted by Crippen LogP contribution is 2.27. The van der Waals surface area contributed by atoms with E-state index in [0.29, 0.717) is 23.1 Å². The summed E-state index contributed by atoms with van der Waals surface area (Å²) in [6.07, 6.45) is -0.186. The number of nitrogens with zero attached hydrogens (tertiary/aromatic N) is 2. The highest BCUT2D eigenvalue weighted by molar-refractivity contribution is 7.89. The summed E-state index contributed by atoms with van der Waals surface area (Å²) in [5, 5.41) is 0. The number of rotatable bonds is 6. The molecule has 1 aromatic heterocycles. The van der Waals surface area contributed by atoms with Crippen LogP contribution in [-0.4, -0.2) is 50.6 Å². The molecule has 0 aliphatic carbocycles. The fraction of sp³-hybridized carbons (Fsp3) is 0.316. The lowest BCUT2D eigenvalue weighted by Crippen LogP contribution is -2.47. The Morgan fingerprint density at radius 3 is 2.89 bits per heavy atom. The van der Waals surface area contributed by atoms with Crippen molar-refractivity contribution in [2.45, 2.75) is 17.5 Å². The van der Waals surface area contributed by atoms with Crippen molar-refractivity contribution in [1.29, 1.82) is 0 Å². The molecule has 1 fully saturated rings. The average Bonchev–Trinajstić information content (AvgIpc) is 3.07. The molecule has 0 bridgehead atoms. The molecule has 9 heteroatoms. The fourth-order valence-electron chi connectivity index (χ4n) is 3.22. The van der Waals surface area contributed by atoms with Crippen LogP contribution in [-0.2, 0) is 21.3 Å². The number of ether oxygens (including phenoxy) is 1. The second-order valence-corrected chi connectivity index (χ2v) is 10.0. The van der Waals surface area contributed by atoms with Crippen LogP contribution in [0.4, 0.5) is 0 Å².